The zero-order chi connectivity index (χ0) is 18.2. The van der Waals surface area contributed by atoms with Crippen molar-refractivity contribution in [3.63, 3.8) is 0 Å². The summed E-state index contributed by atoms with van der Waals surface area (Å²) in [5.41, 5.74) is 2.02. The monoisotopic (exact) mass is 417 g/mol. The number of hydrogen-bond donors (Lipinski definition) is 1. The standard InChI is InChI=1S/C18H18Cl3NO2S/c1-12-8-14(3-5-15(12)19)24-10-18(23)22-6-7-25-11-13-2-4-16(20)17(21)9-13/h2-5,8-9H,6-7,10-11H2,1H3,(H,22,23). The molecule has 0 bridgehead atoms. The lowest BCUT2D eigenvalue weighted by Crippen LogP contribution is -2.30. The third-order valence-corrected chi connectivity index (χ3v) is 5.51. The lowest BCUT2D eigenvalue weighted by atomic mass is 10.2. The second kappa shape index (κ2) is 10.2. The van der Waals surface area contributed by atoms with Crippen LogP contribution in [0.2, 0.25) is 15.1 Å². The smallest absolute Gasteiger partial charge is 0.257 e. The van der Waals surface area contributed by atoms with Gasteiger partial charge in [0, 0.05) is 23.1 Å². The molecule has 1 N–H and O–H groups in total. The fourth-order valence-electron chi connectivity index (χ4n) is 1.99. The second-order valence-corrected chi connectivity index (χ2v) is 7.68. The molecule has 1 amide bonds. The summed E-state index contributed by atoms with van der Waals surface area (Å²) in [6, 6.07) is 10.9. The van der Waals surface area contributed by atoms with Crippen molar-refractivity contribution in [1.82, 2.24) is 5.32 Å². The summed E-state index contributed by atoms with van der Waals surface area (Å²) in [6.07, 6.45) is 0. The van der Waals surface area contributed by atoms with Crippen LogP contribution < -0.4 is 10.1 Å². The third-order valence-electron chi connectivity index (χ3n) is 3.32. The van der Waals surface area contributed by atoms with Crippen LogP contribution in [0.4, 0.5) is 0 Å². The van der Waals surface area contributed by atoms with E-state index in [2.05, 4.69) is 5.32 Å². The van der Waals surface area contributed by atoms with Crippen molar-refractivity contribution in [1.29, 1.82) is 0 Å². The van der Waals surface area contributed by atoms with Crippen molar-refractivity contribution < 1.29 is 9.53 Å². The topological polar surface area (TPSA) is 38.3 Å². The van der Waals surface area contributed by atoms with Crippen LogP contribution in [0.5, 0.6) is 5.75 Å². The van der Waals surface area contributed by atoms with Gasteiger partial charge in [0.15, 0.2) is 6.61 Å². The molecular weight excluding hydrogens is 401 g/mol. The van der Waals surface area contributed by atoms with Gasteiger partial charge in [-0.25, -0.2) is 0 Å². The molecule has 25 heavy (non-hydrogen) atoms. The van der Waals surface area contributed by atoms with Crippen LogP contribution in [0.3, 0.4) is 0 Å². The Hall–Kier alpha value is -1.07. The summed E-state index contributed by atoms with van der Waals surface area (Å²) in [5.74, 6) is 2.09. The van der Waals surface area contributed by atoms with Gasteiger partial charge in [-0.1, -0.05) is 40.9 Å². The Labute approximate surface area is 167 Å². The number of nitrogens with one attached hydrogen (secondary N) is 1. The first-order valence-corrected chi connectivity index (χ1v) is 9.92. The molecule has 7 heteroatoms. The van der Waals surface area contributed by atoms with E-state index in [1.165, 1.54) is 0 Å². The zero-order valence-electron chi connectivity index (χ0n) is 13.7. The zero-order valence-corrected chi connectivity index (χ0v) is 16.7. The Balaban J connectivity index is 1.61. The minimum atomic E-state index is -0.150. The molecule has 0 aliphatic heterocycles. The van der Waals surface area contributed by atoms with Crippen LogP contribution >= 0.6 is 46.6 Å². The Kier molecular flexibility index (Phi) is 8.24. The van der Waals surface area contributed by atoms with Gasteiger partial charge in [0.05, 0.1) is 10.0 Å². The van der Waals surface area contributed by atoms with Crippen LogP contribution in [0.15, 0.2) is 36.4 Å². The van der Waals surface area contributed by atoms with Crippen LogP contribution in [0, 0.1) is 6.92 Å². The first-order chi connectivity index (χ1) is 12.0. The van der Waals surface area contributed by atoms with Crippen LogP contribution in [0.1, 0.15) is 11.1 Å². The first kappa shape index (κ1) is 20.2. The molecule has 0 unspecified atom stereocenters. The maximum Gasteiger partial charge on any atom is 0.257 e. The van der Waals surface area contributed by atoms with E-state index in [1.54, 1.807) is 30.0 Å². The van der Waals surface area contributed by atoms with Crippen molar-refractivity contribution >= 4 is 52.5 Å². The Morgan fingerprint density at radius 3 is 2.56 bits per heavy atom. The fraction of sp³-hybridized carbons (Fsp3) is 0.278. The van der Waals surface area contributed by atoms with Gasteiger partial charge in [0.25, 0.3) is 5.91 Å². The molecule has 0 saturated carbocycles. The highest BCUT2D eigenvalue weighted by atomic mass is 35.5. The number of amides is 1. The average molecular weight is 419 g/mol. The van der Waals surface area contributed by atoms with E-state index in [0.29, 0.717) is 27.4 Å². The summed E-state index contributed by atoms with van der Waals surface area (Å²) < 4.78 is 5.45. The highest BCUT2D eigenvalue weighted by molar-refractivity contribution is 7.98. The van der Waals surface area contributed by atoms with E-state index < -0.39 is 0 Å². The molecule has 134 valence electrons. The SMILES string of the molecule is Cc1cc(OCC(=O)NCCSCc2ccc(Cl)c(Cl)c2)ccc1Cl. The summed E-state index contributed by atoms with van der Waals surface area (Å²) in [5, 5.41) is 4.62. The van der Waals surface area contributed by atoms with Crippen LogP contribution in [0.25, 0.3) is 0 Å². The highest BCUT2D eigenvalue weighted by Gasteiger charge is 2.04. The lowest BCUT2D eigenvalue weighted by Gasteiger charge is -2.09. The molecule has 2 aromatic carbocycles. The molecule has 0 aliphatic carbocycles. The van der Waals surface area contributed by atoms with Gasteiger partial charge in [-0.05, 0) is 48.4 Å². The van der Waals surface area contributed by atoms with Crippen molar-refractivity contribution in [3.8, 4) is 5.75 Å². The van der Waals surface area contributed by atoms with Crippen molar-refractivity contribution in [3.05, 3.63) is 62.6 Å². The van der Waals surface area contributed by atoms with E-state index in [4.69, 9.17) is 39.5 Å². The second-order valence-electron chi connectivity index (χ2n) is 5.35. The van der Waals surface area contributed by atoms with Gasteiger partial charge >= 0.3 is 0 Å². The average Bonchev–Trinajstić information content (AvgIpc) is 2.58. The third kappa shape index (κ3) is 6.98. The number of aryl methyl sites for hydroxylation is 1. The highest BCUT2D eigenvalue weighted by Crippen LogP contribution is 2.24. The van der Waals surface area contributed by atoms with Crippen LogP contribution in [-0.2, 0) is 10.5 Å². The van der Waals surface area contributed by atoms with E-state index in [1.807, 2.05) is 25.1 Å². The molecule has 0 radical (unpaired) electrons. The largest absolute Gasteiger partial charge is 0.484 e. The lowest BCUT2D eigenvalue weighted by molar-refractivity contribution is -0.122. The molecule has 3 nitrogen and oxygen atoms in total. The number of ether oxygens (including phenoxy) is 1. The quantitative estimate of drug-likeness (QED) is 0.585. The molecule has 0 aliphatic rings. The van der Waals surface area contributed by atoms with E-state index in [9.17, 15) is 4.79 Å². The minimum absolute atomic E-state index is 0.0153. The van der Waals surface area contributed by atoms with Gasteiger partial charge in [0.2, 0.25) is 0 Å². The summed E-state index contributed by atoms with van der Waals surface area (Å²) in [7, 11) is 0. The van der Waals surface area contributed by atoms with Crippen molar-refractivity contribution in [2.24, 2.45) is 0 Å². The van der Waals surface area contributed by atoms with Crippen LogP contribution in [-0.4, -0.2) is 24.8 Å². The number of benzene rings is 2. The molecule has 0 atom stereocenters. The molecule has 2 aromatic rings. The van der Waals surface area contributed by atoms with E-state index >= 15 is 0 Å². The number of rotatable bonds is 8. The van der Waals surface area contributed by atoms with Gasteiger partial charge < -0.3 is 10.1 Å². The number of halogens is 3. The predicted octanol–water partition coefficient (Wildman–Crippen LogP) is 5.38. The molecule has 0 saturated heterocycles. The maximum atomic E-state index is 11.8. The Morgan fingerprint density at radius 2 is 1.84 bits per heavy atom. The van der Waals surface area contributed by atoms with E-state index in [-0.39, 0.29) is 12.5 Å². The van der Waals surface area contributed by atoms with Crippen molar-refractivity contribution in [2.45, 2.75) is 12.7 Å². The van der Waals surface area contributed by atoms with E-state index in [0.717, 1.165) is 22.6 Å². The molecule has 0 fully saturated rings. The minimum Gasteiger partial charge on any atom is -0.484 e. The number of thioether (sulfide) groups is 1. The number of carbonyl (C=O) groups is 1. The fourth-order valence-corrected chi connectivity index (χ4v) is 3.23. The van der Waals surface area contributed by atoms with Gasteiger partial charge in [-0.15, -0.1) is 0 Å². The van der Waals surface area contributed by atoms with Crippen molar-refractivity contribution in [2.75, 3.05) is 18.9 Å². The summed E-state index contributed by atoms with van der Waals surface area (Å²) in [4.78, 5) is 11.8. The summed E-state index contributed by atoms with van der Waals surface area (Å²) >= 11 is 19.5. The van der Waals surface area contributed by atoms with Gasteiger partial charge in [0.1, 0.15) is 5.75 Å². The normalized spacial score (nSPS) is 10.6. The van der Waals surface area contributed by atoms with Gasteiger partial charge in [-0.2, -0.15) is 11.8 Å². The molecule has 0 spiro atoms. The molecule has 0 aromatic heterocycles. The maximum absolute atomic E-state index is 11.8. The number of hydrogen-bond acceptors (Lipinski definition) is 3. The first-order valence-electron chi connectivity index (χ1n) is 7.63. The Bertz CT molecular complexity index is 740. The molecule has 2 rings (SSSR count). The molecular formula is C18H18Cl3NO2S. The Morgan fingerprint density at radius 1 is 1.08 bits per heavy atom. The van der Waals surface area contributed by atoms with Gasteiger partial charge in [-0.3, -0.25) is 4.79 Å². The number of carbonyl (C=O) groups excluding carboxylic acids is 1. The molecule has 0 heterocycles. The summed E-state index contributed by atoms with van der Waals surface area (Å²) in [6.45, 7) is 2.45. The predicted molar refractivity (Wildman–Crippen MR) is 107 cm³/mol.